The standard InChI is InChI=1S/C15H24N2O3/c18-9-4-5-16-7-10-12-2-1-3-14(19)17(12)8-11(15(10)20)13(16)6-9/h9-13,15,18,20H,1-8H2/t9-,10-,11-,12+,13-,15-/m0/s1. The number of carbonyl (C=O) groups is 1. The van der Waals surface area contributed by atoms with Gasteiger partial charge in [-0.3, -0.25) is 9.69 Å². The average molecular weight is 280 g/mol. The Morgan fingerprint density at radius 3 is 2.70 bits per heavy atom. The van der Waals surface area contributed by atoms with Gasteiger partial charge in [0, 0.05) is 50.0 Å². The van der Waals surface area contributed by atoms with Gasteiger partial charge < -0.3 is 15.1 Å². The summed E-state index contributed by atoms with van der Waals surface area (Å²) < 4.78 is 0. The van der Waals surface area contributed by atoms with E-state index in [0.717, 1.165) is 38.8 Å². The molecule has 0 aliphatic carbocycles. The maximum atomic E-state index is 12.2. The van der Waals surface area contributed by atoms with Crippen molar-refractivity contribution >= 4 is 5.91 Å². The first kappa shape index (κ1) is 13.0. The fourth-order valence-corrected chi connectivity index (χ4v) is 5.06. The SMILES string of the molecule is O=C1CCC[C@@H]2[C@@H]3CN4CC[C@H](O)C[C@H]4[C@H](CN12)[C@H]3O. The Balaban J connectivity index is 1.63. The van der Waals surface area contributed by atoms with Crippen molar-refractivity contribution in [1.82, 2.24) is 9.80 Å². The minimum absolute atomic E-state index is 0.127. The molecule has 0 spiro atoms. The molecule has 4 aliphatic heterocycles. The zero-order valence-electron chi connectivity index (χ0n) is 11.8. The van der Waals surface area contributed by atoms with E-state index < -0.39 is 0 Å². The molecule has 6 atom stereocenters. The second-order valence-corrected chi connectivity index (χ2v) is 7.06. The Hall–Kier alpha value is -0.650. The van der Waals surface area contributed by atoms with Crippen LogP contribution in [-0.2, 0) is 4.79 Å². The van der Waals surface area contributed by atoms with Crippen LogP contribution >= 0.6 is 0 Å². The molecule has 2 bridgehead atoms. The summed E-state index contributed by atoms with van der Waals surface area (Å²) in [6.45, 7) is 2.52. The third-order valence-corrected chi connectivity index (χ3v) is 6.06. The molecule has 20 heavy (non-hydrogen) atoms. The van der Waals surface area contributed by atoms with E-state index in [9.17, 15) is 15.0 Å². The molecule has 0 aromatic heterocycles. The van der Waals surface area contributed by atoms with Crippen molar-refractivity contribution in [3.05, 3.63) is 0 Å². The summed E-state index contributed by atoms with van der Waals surface area (Å²) in [4.78, 5) is 16.7. The second-order valence-electron chi connectivity index (χ2n) is 7.06. The number of aliphatic hydroxyl groups is 2. The largest absolute Gasteiger partial charge is 0.393 e. The minimum Gasteiger partial charge on any atom is -0.393 e. The van der Waals surface area contributed by atoms with Crippen molar-refractivity contribution in [2.45, 2.75) is 56.4 Å². The fraction of sp³-hybridized carbons (Fsp3) is 0.933. The molecule has 4 fully saturated rings. The number of aliphatic hydroxyl groups excluding tert-OH is 2. The summed E-state index contributed by atoms with van der Waals surface area (Å²) in [6.07, 6.45) is 3.74. The molecule has 5 heteroatoms. The van der Waals surface area contributed by atoms with Gasteiger partial charge in [-0.1, -0.05) is 0 Å². The van der Waals surface area contributed by atoms with Gasteiger partial charge in [0.2, 0.25) is 5.91 Å². The molecule has 0 radical (unpaired) electrons. The zero-order valence-corrected chi connectivity index (χ0v) is 11.8. The molecule has 0 saturated carbocycles. The van der Waals surface area contributed by atoms with Gasteiger partial charge in [-0.25, -0.2) is 0 Å². The Labute approximate surface area is 119 Å². The van der Waals surface area contributed by atoms with Crippen LogP contribution in [0.1, 0.15) is 32.1 Å². The smallest absolute Gasteiger partial charge is 0.222 e. The highest BCUT2D eigenvalue weighted by Gasteiger charge is 2.53. The van der Waals surface area contributed by atoms with Crippen LogP contribution in [0.2, 0.25) is 0 Å². The van der Waals surface area contributed by atoms with Crippen LogP contribution in [-0.4, -0.2) is 69.8 Å². The van der Waals surface area contributed by atoms with E-state index in [1.165, 1.54) is 0 Å². The van der Waals surface area contributed by atoms with Gasteiger partial charge in [0.15, 0.2) is 0 Å². The Bertz CT molecular complexity index is 416. The third kappa shape index (κ3) is 1.83. The quantitative estimate of drug-likeness (QED) is 0.646. The molecule has 0 aromatic carbocycles. The molecule has 5 nitrogen and oxygen atoms in total. The molecule has 2 N–H and O–H groups in total. The minimum atomic E-state index is -0.298. The predicted octanol–water partition coefficient (Wildman–Crippen LogP) is -0.187. The summed E-state index contributed by atoms with van der Waals surface area (Å²) >= 11 is 0. The molecule has 0 unspecified atom stereocenters. The maximum Gasteiger partial charge on any atom is 0.222 e. The van der Waals surface area contributed by atoms with E-state index in [0.29, 0.717) is 13.0 Å². The number of piperidine rings is 4. The monoisotopic (exact) mass is 280 g/mol. The summed E-state index contributed by atoms with van der Waals surface area (Å²) in [6, 6.07) is 0.496. The van der Waals surface area contributed by atoms with Crippen LogP contribution in [0.3, 0.4) is 0 Å². The summed E-state index contributed by atoms with van der Waals surface area (Å²) in [5.74, 6) is 0.611. The number of hydrogen-bond donors (Lipinski definition) is 2. The zero-order chi connectivity index (χ0) is 13.9. The van der Waals surface area contributed by atoms with E-state index in [1.54, 1.807) is 0 Å². The van der Waals surface area contributed by atoms with Crippen LogP contribution in [0.25, 0.3) is 0 Å². The van der Waals surface area contributed by atoms with Crippen LogP contribution in [0, 0.1) is 11.8 Å². The van der Waals surface area contributed by atoms with Crippen molar-refractivity contribution in [3.63, 3.8) is 0 Å². The lowest BCUT2D eigenvalue weighted by atomic mass is 9.68. The van der Waals surface area contributed by atoms with Gasteiger partial charge in [-0.15, -0.1) is 0 Å². The molecular formula is C15H24N2O3. The first-order valence-corrected chi connectivity index (χ1v) is 8.05. The molecule has 4 rings (SSSR count). The van der Waals surface area contributed by atoms with Crippen LogP contribution in [0.15, 0.2) is 0 Å². The number of amides is 1. The highest BCUT2D eigenvalue weighted by atomic mass is 16.3. The Morgan fingerprint density at radius 1 is 1.05 bits per heavy atom. The van der Waals surface area contributed by atoms with Crippen LogP contribution < -0.4 is 0 Å². The van der Waals surface area contributed by atoms with Crippen molar-refractivity contribution in [2.24, 2.45) is 11.8 Å². The second kappa shape index (κ2) is 4.68. The summed E-state index contributed by atoms with van der Waals surface area (Å²) in [7, 11) is 0. The van der Waals surface area contributed by atoms with E-state index in [-0.39, 0.29) is 42.0 Å². The number of rotatable bonds is 0. The van der Waals surface area contributed by atoms with Gasteiger partial charge in [0.1, 0.15) is 0 Å². The van der Waals surface area contributed by atoms with E-state index in [1.807, 2.05) is 4.90 Å². The Kier molecular flexibility index (Phi) is 3.05. The topological polar surface area (TPSA) is 64.0 Å². The summed E-state index contributed by atoms with van der Waals surface area (Å²) in [5, 5.41) is 20.6. The maximum absolute atomic E-state index is 12.2. The van der Waals surface area contributed by atoms with Crippen LogP contribution in [0.5, 0.6) is 0 Å². The molecule has 4 saturated heterocycles. The predicted molar refractivity (Wildman–Crippen MR) is 72.9 cm³/mol. The van der Waals surface area contributed by atoms with Gasteiger partial charge >= 0.3 is 0 Å². The van der Waals surface area contributed by atoms with Crippen molar-refractivity contribution in [1.29, 1.82) is 0 Å². The van der Waals surface area contributed by atoms with Crippen molar-refractivity contribution in [2.75, 3.05) is 19.6 Å². The summed E-state index contributed by atoms with van der Waals surface area (Å²) in [5.41, 5.74) is 0. The highest BCUT2D eigenvalue weighted by Crippen LogP contribution is 2.43. The van der Waals surface area contributed by atoms with Crippen molar-refractivity contribution in [3.8, 4) is 0 Å². The van der Waals surface area contributed by atoms with Gasteiger partial charge in [-0.2, -0.15) is 0 Å². The number of fused-ring (bicyclic) bond motifs is 6. The number of nitrogens with zero attached hydrogens (tertiary/aromatic N) is 2. The third-order valence-electron chi connectivity index (χ3n) is 6.06. The fourth-order valence-electron chi connectivity index (χ4n) is 5.06. The molecule has 0 aromatic rings. The number of hydrogen-bond acceptors (Lipinski definition) is 4. The van der Waals surface area contributed by atoms with Crippen LogP contribution in [0.4, 0.5) is 0 Å². The first-order chi connectivity index (χ1) is 9.65. The molecule has 112 valence electrons. The molecule has 1 amide bonds. The molecular weight excluding hydrogens is 256 g/mol. The van der Waals surface area contributed by atoms with Gasteiger partial charge in [0.25, 0.3) is 0 Å². The van der Waals surface area contributed by atoms with Crippen molar-refractivity contribution < 1.29 is 15.0 Å². The highest BCUT2D eigenvalue weighted by molar-refractivity contribution is 5.77. The average Bonchev–Trinajstić information content (AvgIpc) is 2.42. The lowest BCUT2D eigenvalue weighted by Crippen LogP contribution is -2.70. The lowest BCUT2D eigenvalue weighted by molar-refractivity contribution is -0.172. The van der Waals surface area contributed by atoms with Gasteiger partial charge in [0.05, 0.1) is 12.2 Å². The van der Waals surface area contributed by atoms with E-state index in [4.69, 9.17) is 0 Å². The van der Waals surface area contributed by atoms with E-state index in [2.05, 4.69) is 4.90 Å². The first-order valence-electron chi connectivity index (χ1n) is 8.05. The molecule has 4 aliphatic rings. The van der Waals surface area contributed by atoms with E-state index >= 15 is 0 Å². The molecule has 4 heterocycles. The van der Waals surface area contributed by atoms with Gasteiger partial charge in [-0.05, 0) is 25.7 Å². The Morgan fingerprint density at radius 2 is 1.85 bits per heavy atom. The lowest BCUT2D eigenvalue weighted by Gasteiger charge is -2.59. The number of carbonyl (C=O) groups excluding carboxylic acids is 1. The normalized spacial score (nSPS) is 48.7.